The van der Waals surface area contributed by atoms with Crippen molar-refractivity contribution in [3.8, 4) is 5.69 Å². The van der Waals surface area contributed by atoms with E-state index < -0.39 is 93.3 Å². The predicted octanol–water partition coefficient (Wildman–Crippen LogP) is 6.22. The summed E-state index contributed by atoms with van der Waals surface area (Å²) in [7, 11) is -0.919. The fourth-order valence-corrected chi connectivity index (χ4v) is 8.33. The highest BCUT2D eigenvalue weighted by Crippen LogP contribution is 2.68. The number of hydrogen-bond donors (Lipinski definition) is 2. The number of rotatable bonds is 14. The van der Waals surface area contributed by atoms with E-state index in [0.717, 1.165) is 23.0 Å². The lowest BCUT2D eigenvalue weighted by molar-refractivity contribution is -0.123. The Balaban J connectivity index is 1.40. The molecular weight excluding hydrogens is 818 g/mol. The molecule has 0 bridgehead atoms. The molecule has 3 aromatic heterocycles. The van der Waals surface area contributed by atoms with Gasteiger partial charge < -0.3 is 10.1 Å². The highest BCUT2D eigenvalue weighted by Gasteiger charge is 2.67. The number of aromatic nitrogens is 6. The molecule has 2 aliphatic carbocycles. The Morgan fingerprint density at radius 3 is 2.45 bits per heavy atom. The Bertz CT molecular complexity index is 2630. The maximum Gasteiger partial charge on any atom is 0.293 e. The van der Waals surface area contributed by atoms with Crippen LogP contribution in [0.25, 0.3) is 16.6 Å². The second-order valence-corrected chi connectivity index (χ2v) is 17.3. The third-order valence-corrected chi connectivity index (χ3v) is 11.3. The molecule has 2 aliphatic rings. The van der Waals surface area contributed by atoms with Crippen LogP contribution in [0, 0.1) is 17.6 Å². The molecule has 0 unspecified atom stereocenters. The number of ether oxygens (including phenoxy) is 1. The molecule has 13 nitrogen and oxygen atoms in total. The zero-order valence-corrected chi connectivity index (χ0v) is 33.2. The number of aryl methyl sites for hydroxylation is 2. The number of carbonyl (C=O) groups excluding carboxylic acids is 1. The Labute approximate surface area is 332 Å². The van der Waals surface area contributed by atoms with E-state index in [1.807, 2.05) is 13.8 Å². The fraction of sp³-hybridized carbons (Fsp3) is 0.432. The lowest BCUT2D eigenvalue weighted by Crippen LogP contribution is -2.38. The molecule has 21 heteroatoms. The highest BCUT2D eigenvalue weighted by atomic mass is 35.5. The number of methoxy groups -OCH3 is 1. The van der Waals surface area contributed by atoms with Gasteiger partial charge in [-0.2, -0.15) is 19.0 Å². The van der Waals surface area contributed by atoms with Gasteiger partial charge in [0, 0.05) is 49.9 Å². The zero-order valence-electron chi connectivity index (χ0n) is 31.6. The van der Waals surface area contributed by atoms with Gasteiger partial charge in [-0.3, -0.25) is 28.2 Å². The van der Waals surface area contributed by atoms with Crippen molar-refractivity contribution in [3.05, 3.63) is 97.4 Å². The molecular formula is C37H37ClF6N8O5S. The quantitative estimate of drug-likeness (QED) is 0.125. The summed E-state index contributed by atoms with van der Waals surface area (Å²) in [4.78, 5) is 33.2. The lowest BCUT2D eigenvalue weighted by atomic mass is 10.0. The number of halogens is 7. The summed E-state index contributed by atoms with van der Waals surface area (Å²) in [5.74, 6) is -8.87. The number of amides is 1. The summed E-state index contributed by atoms with van der Waals surface area (Å²) in [5.41, 5.74) is -2.91. The summed E-state index contributed by atoms with van der Waals surface area (Å²) in [5, 5.41) is 10.8. The molecule has 3 atom stereocenters. The second-order valence-electron chi connectivity index (χ2n) is 15.2. The van der Waals surface area contributed by atoms with Gasteiger partial charge in [0.15, 0.2) is 5.82 Å². The molecule has 0 saturated heterocycles. The third kappa shape index (κ3) is 7.80. The Morgan fingerprint density at radius 2 is 1.81 bits per heavy atom. The van der Waals surface area contributed by atoms with Crippen molar-refractivity contribution in [2.75, 3.05) is 18.1 Å². The van der Waals surface area contributed by atoms with Gasteiger partial charge in [0.1, 0.15) is 35.4 Å². The lowest BCUT2D eigenvalue weighted by Gasteiger charge is -2.25. The van der Waals surface area contributed by atoms with Gasteiger partial charge in [-0.05, 0) is 68.9 Å². The average molecular weight is 855 g/mol. The van der Waals surface area contributed by atoms with Gasteiger partial charge in [-0.25, -0.2) is 31.0 Å². The van der Waals surface area contributed by atoms with E-state index in [4.69, 9.17) is 21.3 Å². The number of anilines is 1. The molecule has 2 aromatic carbocycles. The van der Waals surface area contributed by atoms with E-state index >= 15 is 8.78 Å². The number of alkyl halides is 4. The van der Waals surface area contributed by atoms with Crippen molar-refractivity contribution in [1.29, 1.82) is 0 Å². The third-order valence-electron chi connectivity index (χ3n) is 10.4. The first-order valence-corrected chi connectivity index (χ1v) is 20.2. The first kappa shape index (κ1) is 41.2. The van der Waals surface area contributed by atoms with Crippen LogP contribution in [-0.4, -0.2) is 62.4 Å². The standard InChI is InChI=1S/C37H37ClF6N8O5S/c1-36(2,57-4)9-8-20-14-27(54)52(25-7-6-23(38)29-31(25)50(3)48-34(29)49-58(5,55)56)35(45-20)24(12-17-10-18(39)13-19(40)11-17)46-26(53)16-51-32-28(30(47-51)33(41)42)21-15-22(21)37(32,43)44/h6-7,10-11,13-14,21-22,24,33H,8-9,12,15-16H2,1-5H3,(H,46,53)(H,48,49)/t21-,22+,24-/m0/s1. The largest absolute Gasteiger partial charge is 0.379 e. The van der Waals surface area contributed by atoms with Crippen molar-refractivity contribution in [2.24, 2.45) is 13.0 Å². The first-order chi connectivity index (χ1) is 27.1. The Kier molecular flexibility index (Phi) is 10.4. The molecule has 0 radical (unpaired) electrons. The van der Waals surface area contributed by atoms with Gasteiger partial charge in [0.05, 0.1) is 39.5 Å². The first-order valence-electron chi connectivity index (χ1n) is 17.9. The van der Waals surface area contributed by atoms with Crippen LogP contribution in [0.15, 0.2) is 41.2 Å². The normalized spacial score (nSPS) is 17.7. The zero-order chi connectivity index (χ0) is 42.2. The van der Waals surface area contributed by atoms with E-state index in [2.05, 4.69) is 20.2 Å². The topological polar surface area (TPSA) is 155 Å². The summed E-state index contributed by atoms with van der Waals surface area (Å²) >= 11 is 6.57. The molecule has 7 rings (SSSR count). The molecule has 5 aromatic rings. The van der Waals surface area contributed by atoms with Crippen LogP contribution in [0.1, 0.15) is 79.1 Å². The number of carbonyl (C=O) groups is 1. The van der Waals surface area contributed by atoms with Crippen LogP contribution in [0.5, 0.6) is 0 Å². The van der Waals surface area contributed by atoms with Crippen molar-refractivity contribution < 1.29 is 44.3 Å². The molecule has 3 heterocycles. The van der Waals surface area contributed by atoms with Crippen LogP contribution in [0.4, 0.5) is 32.2 Å². The van der Waals surface area contributed by atoms with Crippen LogP contribution in [-0.2, 0) is 51.9 Å². The van der Waals surface area contributed by atoms with Crippen molar-refractivity contribution in [3.63, 3.8) is 0 Å². The maximum absolute atomic E-state index is 15.4. The van der Waals surface area contributed by atoms with Gasteiger partial charge in [0.25, 0.3) is 17.9 Å². The van der Waals surface area contributed by atoms with E-state index in [1.54, 1.807) is 0 Å². The summed E-state index contributed by atoms with van der Waals surface area (Å²) in [6.07, 6.45) is -2.19. The smallest absolute Gasteiger partial charge is 0.293 e. The van der Waals surface area contributed by atoms with Gasteiger partial charge in [-0.15, -0.1) is 0 Å². The summed E-state index contributed by atoms with van der Waals surface area (Å²) < 4.78 is 123. The molecule has 58 heavy (non-hydrogen) atoms. The maximum atomic E-state index is 15.4. The number of nitrogens with zero attached hydrogens (tertiary/aromatic N) is 6. The summed E-state index contributed by atoms with van der Waals surface area (Å²) in [6.45, 7) is 2.66. The van der Waals surface area contributed by atoms with E-state index in [0.29, 0.717) is 17.2 Å². The SMILES string of the molecule is COC(C)(C)CCc1cc(=O)n(-c2ccc(Cl)c3c(NS(C)(=O)=O)nn(C)c23)c([C@H](Cc2cc(F)cc(F)c2)NC(=O)Cn2nc(C(F)F)c3c2C(F)(F)[C@@H]2C[C@H]32)n1. The second kappa shape index (κ2) is 14.7. The number of fused-ring (bicyclic) bond motifs is 4. The van der Waals surface area contributed by atoms with E-state index in [-0.39, 0.29) is 62.9 Å². The van der Waals surface area contributed by atoms with Crippen LogP contribution in [0.2, 0.25) is 5.02 Å². The van der Waals surface area contributed by atoms with E-state index in [1.165, 1.54) is 37.0 Å². The average Bonchev–Trinajstić information content (AvgIpc) is 3.65. The van der Waals surface area contributed by atoms with Crippen molar-refractivity contribution in [1.82, 2.24) is 34.4 Å². The molecule has 0 spiro atoms. The van der Waals surface area contributed by atoms with Crippen LogP contribution < -0.4 is 15.6 Å². The van der Waals surface area contributed by atoms with Crippen molar-refractivity contribution >= 4 is 44.3 Å². The number of sulfonamides is 1. The van der Waals surface area contributed by atoms with Crippen molar-refractivity contribution in [2.45, 2.75) is 76.0 Å². The Hall–Kier alpha value is -4.95. The molecule has 0 aliphatic heterocycles. The van der Waals surface area contributed by atoms with Gasteiger partial charge in [0.2, 0.25) is 15.9 Å². The minimum Gasteiger partial charge on any atom is -0.379 e. The minimum atomic E-state index is -3.88. The van der Waals surface area contributed by atoms with Gasteiger partial charge >= 0.3 is 0 Å². The predicted molar refractivity (Wildman–Crippen MR) is 200 cm³/mol. The Morgan fingerprint density at radius 1 is 1.12 bits per heavy atom. The van der Waals surface area contributed by atoms with E-state index in [9.17, 15) is 35.6 Å². The minimum absolute atomic E-state index is 0.00538. The van der Waals surface area contributed by atoms with Crippen LogP contribution >= 0.6 is 11.6 Å². The van der Waals surface area contributed by atoms with Gasteiger partial charge in [-0.1, -0.05) is 11.6 Å². The number of benzene rings is 2. The highest BCUT2D eigenvalue weighted by molar-refractivity contribution is 7.92. The number of nitrogens with one attached hydrogen (secondary N) is 2. The molecule has 1 amide bonds. The fourth-order valence-electron chi connectivity index (χ4n) is 7.60. The molecule has 1 fully saturated rings. The molecule has 2 N–H and O–H groups in total. The molecule has 310 valence electrons. The summed E-state index contributed by atoms with van der Waals surface area (Å²) in [6, 6.07) is 5.17. The van der Waals surface area contributed by atoms with Crippen LogP contribution in [0.3, 0.4) is 0 Å². The molecule has 1 saturated carbocycles. The monoisotopic (exact) mass is 854 g/mol. The number of hydrogen-bond acceptors (Lipinski definition) is 8.